The number of aromatic nitrogens is 1. The molecule has 0 aliphatic carbocycles. The maximum absolute atomic E-state index is 4.73. The highest BCUT2D eigenvalue weighted by Gasteiger charge is 2.22. The van der Waals surface area contributed by atoms with Gasteiger partial charge in [-0.1, -0.05) is 0 Å². The molecule has 1 saturated heterocycles. The van der Waals surface area contributed by atoms with Gasteiger partial charge in [-0.15, -0.1) is 11.3 Å². The van der Waals surface area contributed by atoms with E-state index < -0.39 is 0 Å². The Bertz CT molecular complexity index is 418. The highest BCUT2D eigenvalue weighted by atomic mass is 32.1. The molecule has 2 unspecified atom stereocenters. The van der Waals surface area contributed by atoms with Gasteiger partial charge in [-0.25, -0.2) is 4.98 Å². The van der Waals surface area contributed by atoms with Gasteiger partial charge in [0.05, 0.1) is 5.69 Å². The number of anilines is 1. The largest absolute Gasteiger partial charge is 0.351 e. The lowest BCUT2D eigenvalue weighted by Gasteiger charge is -2.20. The van der Waals surface area contributed by atoms with E-state index in [4.69, 9.17) is 4.98 Å². The first-order valence-electron chi connectivity index (χ1n) is 7.05. The van der Waals surface area contributed by atoms with Crippen LogP contribution < -0.4 is 10.2 Å². The molecule has 2 heterocycles. The van der Waals surface area contributed by atoms with Crippen LogP contribution in [0.4, 0.5) is 5.13 Å². The third-order valence-corrected chi connectivity index (χ3v) is 5.45. The zero-order chi connectivity index (χ0) is 14.0. The van der Waals surface area contributed by atoms with Gasteiger partial charge in [0.25, 0.3) is 0 Å². The van der Waals surface area contributed by atoms with Crippen molar-refractivity contribution in [1.82, 2.24) is 15.2 Å². The average Bonchev–Trinajstić information content (AvgIpc) is 2.95. The summed E-state index contributed by atoms with van der Waals surface area (Å²) in [5.41, 5.74) is 1.16. The van der Waals surface area contributed by atoms with Crippen LogP contribution in [-0.4, -0.2) is 50.7 Å². The Morgan fingerprint density at radius 1 is 1.58 bits per heavy atom. The lowest BCUT2D eigenvalue weighted by atomic mass is 10.1. The predicted molar refractivity (Wildman–Crippen MR) is 83.2 cm³/mol. The van der Waals surface area contributed by atoms with Crippen molar-refractivity contribution in [3.8, 4) is 0 Å². The van der Waals surface area contributed by atoms with Crippen molar-refractivity contribution < 1.29 is 0 Å². The molecule has 1 aromatic heterocycles. The second-order valence-electron chi connectivity index (χ2n) is 5.75. The number of thiazole rings is 1. The van der Waals surface area contributed by atoms with Crippen molar-refractivity contribution in [1.29, 1.82) is 0 Å². The summed E-state index contributed by atoms with van der Waals surface area (Å²) in [5.74, 6) is 0.782. The highest BCUT2D eigenvalue weighted by Crippen LogP contribution is 2.30. The van der Waals surface area contributed by atoms with Crippen LogP contribution >= 0.6 is 11.3 Å². The summed E-state index contributed by atoms with van der Waals surface area (Å²) in [6.45, 7) is 7.87. The molecule has 0 saturated carbocycles. The fourth-order valence-corrected chi connectivity index (χ4v) is 3.83. The quantitative estimate of drug-likeness (QED) is 0.896. The minimum absolute atomic E-state index is 0.386. The van der Waals surface area contributed by atoms with Gasteiger partial charge in [0.2, 0.25) is 0 Å². The van der Waals surface area contributed by atoms with Crippen LogP contribution in [0.1, 0.15) is 30.0 Å². The van der Waals surface area contributed by atoms with Gasteiger partial charge < -0.3 is 15.1 Å². The molecule has 5 heteroatoms. The van der Waals surface area contributed by atoms with E-state index in [1.54, 1.807) is 0 Å². The van der Waals surface area contributed by atoms with E-state index in [0.29, 0.717) is 6.04 Å². The summed E-state index contributed by atoms with van der Waals surface area (Å²) < 4.78 is 0. The normalized spacial score (nSPS) is 21.8. The van der Waals surface area contributed by atoms with Gasteiger partial charge in [0.1, 0.15) is 0 Å². The summed E-state index contributed by atoms with van der Waals surface area (Å²) in [6.07, 6.45) is 1.31. The maximum Gasteiger partial charge on any atom is 0.185 e. The van der Waals surface area contributed by atoms with E-state index in [1.807, 2.05) is 18.4 Å². The molecule has 4 nitrogen and oxygen atoms in total. The molecule has 1 fully saturated rings. The van der Waals surface area contributed by atoms with E-state index in [2.05, 4.69) is 43.1 Å². The lowest BCUT2D eigenvalue weighted by Crippen LogP contribution is -2.27. The van der Waals surface area contributed by atoms with Crippen LogP contribution in [0.3, 0.4) is 0 Å². The summed E-state index contributed by atoms with van der Waals surface area (Å²) in [7, 11) is 6.38. The summed E-state index contributed by atoms with van der Waals surface area (Å²) in [4.78, 5) is 10.8. The van der Waals surface area contributed by atoms with Crippen molar-refractivity contribution in [3.63, 3.8) is 0 Å². The molecule has 1 aliphatic rings. The summed E-state index contributed by atoms with van der Waals surface area (Å²) in [5, 5.41) is 4.46. The molecule has 19 heavy (non-hydrogen) atoms. The molecule has 0 radical (unpaired) electrons. The standard InChI is InChI=1S/C14H26N4S/c1-10(15-3)13-11(2)16-14(19-13)18(5)9-12-6-7-17(4)8-12/h10,12,15H,6-9H2,1-5H3. The topological polar surface area (TPSA) is 31.4 Å². The molecular formula is C14H26N4S. The minimum Gasteiger partial charge on any atom is -0.351 e. The molecule has 0 aromatic carbocycles. The van der Waals surface area contributed by atoms with Gasteiger partial charge in [-0.2, -0.15) is 0 Å². The van der Waals surface area contributed by atoms with Crippen LogP contribution in [0.25, 0.3) is 0 Å². The van der Waals surface area contributed by atoms with E-state index in [0.717, 1.165) is 23.3 Å². The van der Waals surface area contributed by atoms with Crippen molar-refractivity contribution in [3.05, 3.63) is 10.6 Å². The monoisotopic (exact) mass is 282 g/mol. The van der Waals surface area contributed by atoms with Gasteiger partial charge in [0, 0.05) is 31.1 Å². The molecule has 1 aromatic rings. The fraction of sp³-hybridized carbons (Fsp3) is 0.786. The molecule has 0 amide bonds. The number of hydrogen-bond acceptors (Lipinski definition) is 5. The van der Waals surface area contributed by atoms with E-state index in [-0.39, 0.29) is 0 Å². The van der Waals surface area contributed by atoms with Gasteiger partial charge >= 0.3 is 0 Å². The van der Waals surface area contributed by atoms with Gasteiger partial charge in [-0.3, -0.25) is 0 Å². The number of hydrogen-bond donors (Lipinski definition) is 1. The third-order valence-electron chi connectivity index (χ3n) is 4.00. The van der Waals surface area contributed by atoms with Crippen molar-refractivity contribution in [2.45, 2.75) is 26.3 Å². The molecular weight excluding hydrogens is 256 g/mol. The summed E-state index contributed by atoms with van der Waals surface area (Å²) >= 11 is 1.82. The van der Waals surface area contributed by atoms with Crippen LogP contribution in [0, 0.1) is 12.8 Å². The Morgan fingerprint density at radius 2 is 2.32 bits per heavy atom. The highest BCUT2D eigenvalue weighted by molar-refractivity contribution is 7.15. The number of aryl methyl sites for hydroxylation is 1. The summed E-state index contributed by atoms with van der Waals surface area (Å²) in [6, 6.07) is 0.386. The first-order chi connectivity index (χ1) is 9.01. The molecule has 0 bridgehead atoms. The number of likely N-dealkylation sites (tertiary alicyclic amines) is 1. The zero-order valence-corrected chi connectivity index (χ0v) is 13.5. The number of nitrogens with zero attached hydrogens (tertiary/aromatic N) is 3. The molecule has 1 N–H and O–H groups in total. The van der Waals surface area contributed by atoms with Crippen molar-refractivity contribution in [2.24, 2.45) is 5.92 Å². The lowest BCUT2D eigenvalue weighted by molar-refractivity contribution is 0.396. The van der Waals surface area contributed by atoms with Crippen LogP contribution in [0.2, 0.25) is 0 Å². The zero-order valence-electron chi connectivity index (χ0n) is 12.7. The van der Waals surface area contributed by atoms with Crippen molar-refractivity contribution in [2.75, 3.05) is 45.7 Å². The Kier molecular flexibility index (Phi) is 4.81. The Morgan fingerprint density at radius 3 is 2.89 bits per heavy atom. The molecule has 2 atom stereocenters. The van der Waals surface area contributed by atoms with Gasteiger partial charge in [-0.05, 0) is 46.8 Å². The van der Waals surface area contributed by atoms with Crippen LogP contribution in [0.15, 0.2) is 0 Å². The third kappa shape index (κ3) is 3.46. The first kappa shape index (κ1) is 14.8. The second-order valence-corrected chi connectivity index (χ2v) is 6.76. The molecule has 108 valence electrons. The van der Waals surface area contributed by atoms with E-state index in [9.17, 15) is 0 Å². The predicted octanol–water partition coefficient (Wildman–Crippen LogP) is 2.12. The van der Waals surface area contributed by atoms with Crippen molar-refractivity contribution >= 4 is 16.5 Å². The van der Waals surface area contributed by atoms with E-state index in [1.165, 1.54) is 24.4 Å². The average molecular weight is 282 g/mol. The molecule has 2 rings (SSSR count). The number of nitrogens with one attached hydrogen (secondary N) is 1. The SMILES string of the molecule is CNC(C)c1sc(N(C)CC2CCN(C)C2)nc1C. The fourth-order valence-electron chi connectivity index (χ4n) is 2.73. The first-order valence-corrected chi connectivity index (χ1v) is 7.87. The van der Waals surface area contributed by atoms with E-state index >= 15 is 0 Å². The smallest absolute Gasteiger partial charge is 0.185 e. The molecule has 1 aliphatic heterocycles. The molecule has 0 spiro atoms. The van der Waals surface area contributed by atoms with Crippen LogP contribution in [0.5, 0.6) is 0 Å². The Hall–Kier alpha value is -0.650. The minimum atomic E-state index is 0.386. The Labute approximate surface area is 120 Å². The second kappa shape index (κ2) is 6.20. The number of rotatable bonds is 5. The Balaban J connectivity index is 2.01. The van der Waals surface area contributed by atoms with Crippen LogP contribution in [-0.2, 0) is 0 Å². The van der Waals surface area contributed by atoms with Gasteiger partial charge in [0.15, 0.2) is 5.13 Å². The maximum atomic E-state index is 4.73.